The molecule has 1 saturated heterocycles. The molecule has 5 rings (SSSR count). The zero-order valence-electron chi connectivity index (χ0n) is 20.2. The lowest BCUT2D eigenvalue weighted by atomic mass is 10.0. The van der Waals surface area contributed by atoms with Crippen LogP contribution in [0.1, 0.15) is 25.0 Å². The third kappa shape index (κ3) is 5.71. The summed E-state index contributed by atoms with van der Waals surface area (Å²) >= 11 is 0. The minimum Gasteiger partial charge on any atom is -0.483 e. The van der Waals surface area contributed by atoms with Gasteiger partial charge in [0.15, 0.2) is 18.1 Å². The Morgan fingerprint density at radius 1 is 1.06 bits per heavy atom. The first-order chi connectivity index (χ1) is 16.9. The van der Waals surface area contributed by atoms with E-state index in [0.717, 1.165) is 56.3 Å². The molecule has 182 valence electrons. The number of para-hydroxylation sites is 1. The van der Waals surface area contributed by atoms with E-state index in [2.05, 4.69) is 49.4 Å². The van der Waals surface area contributed by atoms with Crippen molar-refractivity contribution in [3.8, 4) is 11.5 Å². The maximum absolute atomic E-state index is 12.6. The highest BCUT2D eigenvalue weighted by molar-refractivity contribution is 5.91. The molecule has 0 radical (unpaired) electrons. The van der Waals surface area contributed by atoms with E-state index >= 15 is 0 Å². The Bertz CT molecular complexity index is 1180. The number of amides is 1. The lowest BCUT2D eigenvalue weighted by Gasteiger charge is -2.35. The molecule has 8 nitrogen and oxygen atoms in total. The van der Waals surface area contributed by atoms with Crippen LogP contribution in [0.4, 0.5) is 11.6 Å². The van der Waals surface area contributed by atoms with E-state index in [1.807, 2.05) is 44.2 Å². The van der Waals surface area contributed by atoms with Gasteiger partial charge in [-0.1, -0.05) is 42.5 Å². The normalized spacial score (nSPS) is 16.9. The fourth-order valence-corrected chi connectivity index (χ4v) is 4.59. The lowest BCUT2D eigenvalue weighted by molar-refractivity contribution is -0.118. The number of hydrogen-bond acceptors (Lipinski definition) is 7. The molecule has 3 aromatic rings. The summed E-state index contributed by atoms with van der Waals surface area (Å²) in [6.07, 6.45) is 2.30. The van der Waals surface area contributed by atoms with Gasteiger partial charge in [-0.25, -0.2) is 9.97 Å². The Labute approximate surface area is 205 Å². The molecule has 2 aliphatic heterocycles. The molecule has 2 aromatic carbocycles. The van der Waals surface area contributed by atoms with E-state index in [4.69, 9.17) is 9.47 Å². The summed E-state index contributed by atoms with van der Waals surface area (Å²) < 4.78 is 11.8. The summed E-state index contributed by atoms with van der Waals surface area (Å²) in [6.45, 7) is 8.55. The molecule has 8 heteroatoms. The Morgan fingerprint density at radius 2 is 1.86 bits per heavy atom. The van der Waals surface area contributed by atoms with Crippen molar-refractivity contribution in [2.45, 2.75) is 32.4 Å². The van der Waals surface area contributed by atoms with Gasteiger partial charge in [0.05, 0.1) is 0 Å². The largest absolute Gasteiger partial charge is 0.483 e. The van der Waals surface area contributed by atoms with E-state index in [1.165, 1.54) is 11.9 Å². The molecule has 0 bridgehead atoms. The van der Waals surface area contributed by atoms with E-state index in [-0.39, 0.29) is 18.1 Å². The molecule has 1 aromatic heterocycles. The fourth-order valence-electron chi connectivity index (χ4n) is 4.59. The summed E-state index contributed by atoms with van der Waals surface area (Å²) in [4.78, 5) is 25.9. The Kier molecular flexibility index (Phi) is 6.55. The quantitative estimate of drug-likeness (QED) is 0.562. The predicted octanol–water partition coefficient (Wildman–Crippen LogP) is 3.53. The first-order valence-corrected chi connectivity index (χ1v) is 12.0. The molecular formula is C27H31N5O3. The van der Waals surface area contributed by atoms with Crippen LogP contribution in [-0.2, 0) is 17.8 Å². The van der Waals surface area contributed by atoms with Crippen LogP contribution in [0.5, 0.6) is 11.5 Å². The van der Waals surface area contributed by atoms with Gasteiger partial charge in [0.25, 0.3) is 5.91 Å². The smallest absolute Gasteiger partial charge is 0.263 e. The molecule has 1 N–H and O–H groups in total. The van der Waals surface area contributed by atoms with Crippen LogP contribution < -0.4 is 19.7 Å². The number of hydrogen-bond donors (Lipinski definition) is 1. The minimum atomic E-state index is -0.280. The van der Waals surface area contributed by atoms with Crippen LogP contribution >= 0.6 is 0 Å². The number of carbonyl (C=O) groups is 1. The van der Waals surface area contributed by atoms with E-state index in [0.29, 0.717) is 11.6 Å². The van der Waals surface area contributed by atoms with Gasteiger partial charge in [-0.05, 0) is 25.5 Å². The van der Waals surface area contributed by atoms with Crippen molar-refractivity contribution in [3.63, 3.8) is 0 Å². The minimum absolute atomic E-state index is 0.127. The topological polar surface area (TPSA) is 79.8 Å². The van der Waals surface area contributed by atoms with Crippen molar-refractivity contribution in [3.05, 3.63) is 72.1 Å². The van der Waals surface area contributed by atoms with Crippen molar-refractivity contribution >= 4 is 17.5 Å². The monoisotopic (exact) mass is 473 g/mol. The number of anilines is 2. The molecule has 0 aliphatic carbocycles. The molecule has 0 unspecified atom stereocenters. The van der Waals surface area contributed by atoms with Gasteiger partial charge in [0.2, 0.25) is 0 Å². The summed E-state index contributed by atoms with van der Waals surface area (Å²) in [6, 6.07) is 18.1. The van der Waals surface area contributed by atoms with Gasteiger partial charge >= 0.3 is 0 Å². The lowest BCUT2D eigenvalue weighted by Crippen LogP contribution is -2.46. The first-order valence-electron chi connectivity index (χ1n) is 12.0. The summed E-state index contributed by atoms with van der Waals surface area (Å²) in [7, 11) is 0. The van der Waals surface area contributed by atoms with Crippen molar-refractivity contribution in [1.29, 1.82) is 0 Å². The van der Waals surface area contributed by atoms with Crippen molar-refractivity contribution in [2.24, 2.45) is 0 Å². The first kappa shape index (κ1) is 23.1. The Hall–Kier alpha value is -3.65. The van der Waals surface area contributed by atoms with Crippen LogP contribution in [0.3, 0.4) is 0 Å². The highest BCUT2D eigenvalue weighted by Crippen LogP contribution is 2.41. The highest BCUT2D eigenvalue weighted by atomic mass is 16.5. The molecule has 0 saturated carbocycles. The van der Waals surface area contributed by atoms with Gasteiger partial charge in [-0.15, -0.1) is 0 Å². The summed E-state index contributed by atoms with van der Waals surface area (Å²) in [5.41, 5.74) is 2.15. The van der Waals surface area contributed by atoms with E-state index in [1.54, 1.807) is 0 Å². The standard InChI is InChI=1S/C27H31N5O3/c1-27(2)16-21-9-6-10-22(26(21)35-27)34-18-25(33)30-23-15-24(29-19-28-23)32-13-11-31(12-14-32)17-20-7-4-3-5-8-20/h3-10,15,19H,11-14,16-18H2,1-2H3,(H,28,29,30,33). The van der Waals surface area contributed by atoms with Crippen LogP contribution in [0, 0.1) is 0 Å². The van der Waals surface area contributed by atoms with Gasteiger partial charge in [-0.2, -0.15) is 0 Å². The molecule has 35 heavy (non-hydrogen) atoms. The van der Waals surface area contributed by atoms with Crippen LogP contribution in [0.15, 0.2) is 60.9 Å². The average molecular weight is 474 g/mol. The number of carbonyl (C=O) groups excluding carboxylic acids is 1. The fraction of sp³-hybridized carbons (Fsp3) is 0.370. The second-order valence-corrected chi connectivity index (χ2v) is 9.63. The van der Waals surface area contributed by atoms with Gasteiger partial charge in [0.1, 0.15) is 23.6 Å². The van der Waals surface area contributed by atoms with Gasteiger partial charge < -0.3 is 19.7 Å². The number of rotatable bonds is 7. The maximum atomic E-state index is 12.6. The number of fused-ring (bicyclic) bond motifs is 1. The zero-order chi connectivity index (χ0) is 24.3. The second-order valence-electron chi connectivity index (χ2n) is 9.63. The summed E-state index contributed by atoms with van der Waals surface area (Å²) in [5.74, 6) is 2.30. The second kappa shape index (κ2) is 9.92. The zero-order valence-corrected chi connectivity index (χ0v) is 20.2. The maximum Gasteiger partial charge on any atom is 0.263 e. The van der Waals surface area contributed by atoms with Crippen molar-refractivity contribution in [2.75, 3.05) is 43.0 Å². The number of nitrogens with one attached hydrogen (secondary N) is 1. The van der Waals surface area contributed by atoms with Crippen molar-refractivity contribution < 1.29 is 14.3 Å². The highest BCUT2D eigenvalue weighted by Gasteiger charge is 2.32. The van der Waals surface area contributed by atoms with Crippen LogP contribution in [0.2, 0.25) is 0 Å². The molecule has 1 amide bonds. The van der Waals surface area contributed by atoms with E-state index < -0.39 is 0 Å². The Balaban J connectivity index is 1.13. The van der Waals surface area contributed by atoms with E-state index in [9.17, 15) is 4.79 Å². The molecule has 0 spiro atoms. The van der Waals surface area contributed by atoms with Crippen molar-refractivity contribution in [1.82, 2.24) is 14.9 Å². The summed E-state index contributed by atoms with van der Waals surface area (Å²) in [5, 5.41) is 2.82. The number of ether oxygens (including phenoxy) is 2. The average Bonchev–Trinajstić information content (AvgIpc) is 3.18. The number of benzene rings is 2. The number of aromatic nitrogens is 2. The number of nitrogens with zero attached hydrogens (tertiary/aromatic N) is 4. The SMILES string of the molecule is CC1(C)Cc2cccc(OCC(=O)Nc3cc(N4CCN(Cc5ccccc5)CC4)ncn3)c2O1. The van der Waals surface area contributed by atoms with Gasteiger partial charge in [0, 0.05) is 50.8 Å². The number of piperazine rings is 1. The third-order valence-corrected chi connectivity index (χ3v) is 6.28. The molecule has 2 aliphatic rings. The predicted molar refractivity (Wildman–Crippen MR) is 135 cm³/mol. The van der Waals surface area contributed by atoms with Crippen LogP contribution in [-0.4, -0.2) is 59.2 Å². The molecule has 1 fully saturated rings. The third-order valence-electron chi connectivity index (χ3n) is 6.28. The van der Waals surface area contributed by atoms with Crippen LogP contribution in [0.25, 0.3) is 0 Å². The molecule has 0 atom stereocenters. The van der Waals surface area contributed by atoms with Gasteiger partial charge in [-0.3, -0.25) is 9.69 Å². The molecule has 3 heterocycles. The Morgan fingerprint density at radius 3 is 2.66 bits per heavy atom. The molecular weight excluding hydrogens is 442 g/mol.